The number of hydrogen-bond donors (Lipinski definition) is 3. The number of esters is 3. The zero-order chi connectivity index (χ0) is 49.8. The van der Waals surface area contributed by atoms with Crippen molar-refractivity contribution in [3.63, 3.8) is 0 Å². The largest absolute Gasteiger partial charge is 0.466 e. The molecule has 0 radical (unpaired) electrons. The van der Waals surface area contributed by atoms with Crippen molar-refractivity contribution in [3.05, 3.63) is 106 Å². The van der Waals surface area contributed by atoms with Gasteiger partial charge in [-0.15, -0.1) is 0 Å². The van der Waals surface area contributed by atoms with Crippen LogP contribution in [0.2, 0.25) is 0 Å². The summed E-state index contributed by atoms with van der Waals surface area (Å²) < 4.78 is 16.3. The standard InChI is InChI=1S/C52H73N3O9S3/c1-12-13-26-62-44(56)23-27-65-48(60)54-51(8,9)42-21-15-18-39(31-42)36(4)34-64-46(58)25-29-67-49(61)55-52(10,11)43-22-16-19-40(32-43)37(5)33-63-45(57)24-28-66-47(59)53-50(6,7)41-20-14-17-38(30-41)35(2)3/h14-22,30-32,35-37H,12-13,23-29,33-34H2,1-11H3,(H,53,59)(H,54,60)(H,55,61). The third kappa shape index (κ3) is 20.3. The number of amides is 3. The summed E-state index contributed by atoms with van der Waals surface area (Å²) in [5.74, 6) is -0.0785. The van der Waals surface area contributed by atoms with Crippen molar-refractivity contribution in [2.45, 2.75) is 143 Å². The van der Waals surface area contributed by atoms with Crippen LogP contribution < -0.4 is 16.0 Å². The van der Waals surface area contributed by atoms with E-state index in [4.69, 9.17) is 14.2 Å². The average Bonchev–Trinajstić information content (AvgIpc) is 3.27. The molecule has 0 aliphatic carbocycles. The first kappa shape index (κ1) is 56.9. The summed E-state index contributed by atoms with van der Waals surface area (Å²) in [5.41, 5.74) is 3.89. The van der Waals surface area contributed by atoms with Crippen molar-refractivity contribution in [2.24, 2.45) is 0 Å². The smallest absolute Gasteiger partial charge is 0.306 e. The Morgan fingerprint density at radius 3 is 1.18 bits per heavy atom. The van der Waals surface area contributed by atoms with Crippen LogP contribution in [0.1, 0.15) is 159 Å². The number of nitrogens with one attached hydrogen (secondary N) is 3. The zero-order valence-corrected chi connectivity index (χ0v) is 43.8. The van der Waals surface area contributed by atoms with Crippen LogP contribution in [0.5, 0.6) is 0 Å². The number of carbonyl (C=O) groups excluding carboxylic acids is 6. The van der Waals surface area contributed by atoms with Crippen LogP contribution in [0.15, 0.2) is 72.8 Å². The van der Waals surface area contributed by atoms with E-state index in [-0.39, 0.29) is 77.7 Å². The quantitative estimate of drug-likeness (QED) is 0.0418. The second kappa shape index (κ2) is 27.5. The molecule has 0 aromatic heterocycles. The number of carbonyl (C=O) groups is 6. The van der Waals surface area contributed by atoms with Crippen LogP contribution in [0, 0.1) is 0 Å². The summed E-state index contributed by atoms with van der Waals surface area (Å²) in [6.07, 6.45) is 2.08. The molecule has 15 heteroatoms. The van der Waals surface area contributed by atoms with E-state index >= 15 is 0 Å². The van der Waals surface area contributed by atoms with Gasteiger partial charge < -0.3 is 30.2 Å². The highest BCUT2D eigenvalue weighted by Gasteiger charge is 2.27. The highest BCUT2D eigenvalue weighted by molar-refractivity contribution is 8.14. The average molecular weight is 980 g/mol. The second-order valence-corrected chi connectivity index (χ2v) is 21.9. The summed E-state index contributed by atoms with van der Waals surface area (Å²) in [7, 11) is 0. The molecule has 0 fully saturated rings. The summed E-state index contributed by atoms with van der Waals surface area (Å²) >= 11 is 3.13. The van der Waals surface area contributed by atoms with Crippen LogP contribution >= 0.6 is 35.3 Å². The highest BCUT2D eigenvalue weighted by Crippen LogP contribution is 2.29. The van der Waals surface area contributed by atoms with Gasteiger partial charge in [0.2, 0.25) is 0 Å². The third-order valence-electron chi connectivity index (χ3n) is 11.2. The van der Waals surface area contributed by atoms with Crippen LogP contribution in [-0.4, -0.2) is 70.7 Å². The molecule has 368 valence electrons. The third-order valence-corrected chi connectivity index (χ3v) is 13.6. The molecule has 3 aromatic carbocycles. The van der Waals surface area contributed by atoms with Crippen LogP contribution in [0.25, 0.3) is 0 Å². The normalized spacial score (nSPS) is 12.7. The summed E-state index contributed by atoms with van der Waals surface area (Å²) in [5, 5.41) is 8.44. The summed E-state index contributed by atoms with van der Waals surface area (Å²) in [6, 6.07) is 23.8. The van der Waals surface area contributed by atoms with Gasteiger partial charge in [-0.25, -0.2) is 0 Å². The topological polar surface area (TPSA) is 166 Å². The fourth-order valence-corrected chi connectivity index (χ4v) is 9.05. The van der Waals surface area contributed by atoms with Crippen molar-refractivity contribution in [3.8, 4) is 0 Å². The molecular weight excluding hydrogens is 907 g/mol. The maximum atomic E-state index is 13.0. The van der Waals surface area contributed by atoms with E-state index in [0.29, 0.717) is 24.0 Å². The summed E-state index contributed by atoms with van der Waals surface area (Å²) in [4.78, 5) is 75.7. The van der Waals surface area contributed by atoms with Gasteiger partial charge in [0.25, 0.3) is 15.7 Å². The SMILES string of the molecule is CCCCOC(=O)CCSC(=O)NC(C)(C)c1cccc(C(C)COC(=O)CCSC(=O)NC(C)(C)c2cccc(C(C)COC(=O)CCSC(=O)NC(C)(C)c3cccc(C(C)C)c3)c2)c1. The van der Waals surface area contributed by atoms with Gasteiger partial charge in [-0.3, -0.25) is 28.8 Å². The fraction of sp³-hybridized carbons (Fsp3) is 0.538. The molecule has 12 nitrogen and oxygen atoms in total. The van der Waals surface area contributed by atoms with Crippen LogP contribution in [0.3, 0.4) is 0 Å². The number of ether oxygens (including phenoxy) is 3. The molecule has 3 aromatic rings. The molecule has 2 unspecified atom stereocenters. The minimum Gasteiger partial charge on any atom is -0.466 e. The van der Waals surface area contributed by atoms with Gasteiger partial charge >= 0.3 is 17.9 Å². The van der Waals surface area contributed by atoms with Crippen LogP contribution in [0.4, 0.5) is 14.4 Å². The molecule has 0 bridgehead atoms. The van der Waals surface area contributed by atoms with E-state index in [2.05, 4.69) is 41.9 Å². The number of benzene rings is 3. The van der Waals surface area contributed by atoms with Gasteiger partial charge in [0.05, 0.1) is 55.7 Å². The first-order chi connectivity index (χ1) is 31.5. The zero-order valence-electron chi connectivity index (χ0n) is 41.3. The van der Waals surface area contributed by atoms with Crippen LogP contribution in [-0.2, 0) is 45.2 Å². The first-order valence-corrected chi connectivity index (χ1v) is 26.1. The Bertz CT molecular complexity index is 2120. The molecule has 3 N–H and O–H groups in total. The highest BCUT2D eigenvalue weighted by atomic mass is 32.2. The Morgan fingerprint density at radius 1 is 0.507 bits per heavy atom. The van der Waals surface area contributed by atoms with E-state index < -0.39 is 22.6 Å². The van der Waals surface area contributed by atoms with Crippen molar-refractivity contribution in [2.75, 3.05) is 37.1 Å². The molecular formula is C52H73N3O9S3. The summed E-state index contributed by atoms with van der Waals surface area (Å²) in [6.45, 7) is 22.5. The number of thioether (sulfide) groups is 3. The lowest BCUT2D eigenvalue weighted by Gasteiger charge is -2.28. The molecule has 0 heterocycles. The van der Waals surface area contributed by atoms with Gasteiger partial charge in [0.1, 0.15) is 0 Å². The van der Waals surface area contributed by atoms with Crippen molar-refractivity contribution in [1.82, 2.24) is 16.0 Å². The van der Waals surface area contributed by atoms with E-state index in [1.54, 1.807) is 0 Å². The number of hydrogen-bond acceptors (Lipinski definition) is 12. The number of rotatable bonds is 25. The van der Waals surface area contributed by atoms with Crippen molar-refractivity contribution in [1.29, 1.82) is 0 Å². The maximum absolute atomic E-state index is 13.0. The minimum atomic E-state index is -0.732. The fourth-order valence-electron chi connectivity index (χ4n) is 6.70. The van der Waals surface area contributed by atoms with Crippen molar-refractivity contribution >= 4 is 68.9 Å². The van der Waals surface area contributed by atoms with Gasteiger partial charge in [-0.05, 0) is 87.3 Å². The van der Waals surface area contributed by atoms with Gasteiger partial charge in [0, 0.05) is 29.1 Å². The Morgan fingerprint density at radius 2 is 0.836 bits per heavy atom. The Kier molecular flexibility index (Phi) is 23.3. The minimum absolute atomic E-state index is 0.0573. The van der Waals surface area contributed by atoms with Crippen molar-refractivity contribution < 1.29 is 43.0 Å². The second-order valence-electron chi connectivity index (χ2n) is 18.7. The molecule has 0 spiro atoms. The van der Waals surface area contributed by atoms with E-state index in [0.717, 1.165) is 75.9 Å². The monoisotopic (exact) mass is 979 g/mol. The Balaban J connectivity index is 1.37. The predicted molar refractivity (Wildman–Crippen MR) is 274 cm³/mol. The van der Waals surface area contributed by atoms with Gasteiger partial charge in [-0.1, -0.05) is 149 Å². The van der Waals surface area contributed by atoms with E-state index in [1.165, 1.54) is 5.56 Å². The Labute approximate surface area is 411 Å². The lowest BCUT2D eigenvalue weighted by atomic mass is 9.90. The first-order valence-electron chi connectivity index (χ1n) is 23.2. The molecule has 3 rings (SSSR count). The molecule has 0 saturated heterocycles. The lowest BCUT2D eigenvalue weighted by molar-refractivity contribution is -0.144. The molecule has 0 aliphatic rings. The van der Waals surface area contributed by atoms with Gasteiger partial charge in [0.15, 0.2) is 0 Å². The lowest BCUT2D eigenvalue weighted by Crippen LogP contribution is -2.39. The van der Waals surface area contributed by atoms with E-state index in [9.17, 15) is 28.8 Å². The number of unbranched alkanes of at least 4 members (excludes halogenated alkanes) is 1. The van der Waals surface area contributed by atoms with Gasteiger partial charge in [-0.2, -0.15) is 0 Å². The molecule has 67 heavy (non-hydrogen) atoms. The molecule has 0 saturated carbocycles. The molecule has 2 atom stereocenters. The Hall–Kier alpha value is -4.47. The molecule has 3 amide bonds. The molecule has 0 aliphatic heterocycles. The van der Waals surface area contributed by atoms with E-state index in [1.807, 2.05) is 123 Å². The maximum Gasteiger partial charge on any atom is 0.306 e. The predicted octanol–water partition coefficient (Wildman–Crippen LogP) is 12.1.